The molecule has 2 N–H and O–H groups in total. The molecule has 0 aromatic heterocycles. The zero-order chi connectivity index (χ0) is 13.7. The first kappa shape index (κ1) is 14.7. The summed E-state index contributed by atoms with van der Waals surface area (Å²) in [5.74, 6) is 0.345. The van der Waals surface area contributed by atoms with Gasteiger partial charge in [0.05, 0.1) is 12.6 Å². The molecule has 0 saturated carbocycles. The summed E-state index contributed by atoms with van der Waals surface area (Å²) in [5, 5.41) is 11.9. The van der Waals surface area contributed by atoms with Crippen LogP contribution in [0, 0.1) is 6.92 Å². The van der Waals surface area contributed by atoms with Crippen LogP contribution in [0.2, 0.25) is 0 Å². The normalized spacial score (nSPS) is 12.6. The minimum absolute atomic E-state index is 0.0225. The van der Waals surface area contributed by atoms with Crippen molar-refractivity contribution in [3.8, 4) is 0 Å². The Hall–Kier alpha value is -1.35. The lowest BCUT2D eigenvalue weighted by molar-refractivity contribution is 0.0915. The molecule has 1 atom stereocenters. The molecular formula is C15H23NO2. The van der Waals surface area contributed by atoms with Crippen LogP contribution in [0.25, 0.3) is 0 Å². The van der Waals surface area contributed by atoms with Crippen molar-refractivity contribution in [1.82, 2.24) is 5.32 Å². The van der Waals surface area contributed by atoms with Gasteiger partial charge in [0.2, 0.25) is 0 Å². The van der Waals surface area contributed by atoms with Crippen molar-refractivity contribution in [1.29, 1.82) is 0 Å². The van der Waals surface area contributed by atoms with E-state index in [0.29, 0.717) is 11.5 Å². The fourth-order valence-electron chi connectivity index (χ4n) is 2.01. The molecule has 1 aromatic rings. The van der Waals surface area contributed by atoms with E-state index in [1.807, 2.05) is 32.0 Å². The number of aryl methyl sites for hydroxylation is 1. The molecule has 0 saturated heterocycles. The Morgan fingerprint density at radius 2 is 2.06 bits per heavy atom. The van der Waals surface area contributed by atoms with E-state index in [0.717, 1.165) is 12.0 Å². The molecule has 0 heterocycles. The summed E-state index contributed by atoms with van der Waals surface area (Å²) in [6.07, 6.45) is 0.727. The lowest BCUT2D eigenvalue weighted by Crippen LogP contribution is -2.36. The average Bonchev–Trinajstić information content (AvgIpc) is 2.34. The van der Waals surface area contributed by atoms with Crippen molar-refractivity contribution in [2.24, 2.45) is 0 Å². The summed E-state index contributed by atoms with van der Waals surface area (Å²) < 4.78 is 0. The summed E-state index contributed by atoms with van der Waals surface area (Å²) >= 11 is 0. The van der Waals surface area contributed by atoms with Crippen LogP contribution in [0.4, 0.5) is 0 Å². The SMILES string of the molecule is CCC(CO)NC(=O)c1ccc(C(C)C)c(C)c1. The molecule has 1 rings (SSSR count). The molecule has 1 amide bonds. The van der Waals surface area contributed by atoms with E-state index in [9.17, 15) is 4.79 Å². The molecule has 0 spiro atoms. The first-order valence-corrected chi connectivity index (χ1v) is 6.51. The fourth-order valence-corrected chi connectivity index (χ4v) is 2.01. The van der Waals surface area contributed by atoms with Crippen molar-refractivity contribution in [3.05, 3.63) is 34.9 Å². The van der Waals surface area contributed by atoms with Crippen LogP contribution >= 0.6 is 0 Å². The minimum Gasteiger partial charge on any atom is -0.394 e. The third kappa shape index (κ3) is 3.57. The van der Waals surface area contributed by atoms with Crippen molar-refractivity contribution in [2.45, 2.75) is 46.1 Å². The van der Waals surface area contributed by atoms with Crippen LogP contribution in [0.15, 0.2) is 18.2 Å². The predicted octanol–water partition coefficient (Wildman–Crippen LogP) is 2.62. The summed E-state index contributed by atoms with van der Waals surface area (Å²) in [5.41, 5.74) is 3.05. The second kappa shape index (κ2) is 6.55. The molecule has 18 heavy (non-hydrogen) atoms. The van der Waals surface area contributed by atoms with Crippen LogP contribution in [0.5, 0.6) is 0 Å². The van der Waals surface area contributed by atoms with Crippen molar-refractivity contribution < 1.29 is 9.90 Å². The van der Waals surface area contributed by atoms with Crippen LogP contribution in [0.1, 0.15) is 54.6 Å². The number of carbonyl (C=O) groups excluding carboxylic acids is 1. The van der Waals surface area contributed by atoms with Crippen LogP contribution < -0.4 is 5.32 Å². The zero-order valence-corrected chi connectivity index (χ0v) is 11.7. The standard InChI is InChI=1S/C15H23NO2/c1-5-13(9-17)16-15(18)12-6-7-14(10(2)3)11(4)8-12/h6-8,10,13,17H,5,9H2,1-4H3,(H,16,18). The minimum atomic E-state index is -0.164. The van der Waals surface area contributed by atoms with Gasteiger partial charge in [-0.05, 0) is 42.5 Å². The Morgan fingerprint density at radius 1 is 1.39 bits per heavy atom. The molecule has 1 unspecified atom stereocenters. The van der Waals surface area contributed by atoms with Gasteiger partial charge in [0.1, 0.15) is 0 Å². The topological polar surface area (TPSA) is 49.3 Å². The molecule has 0 aliphatic heterocycles. The van der Waals surface area contributed by atoms with Crippen molar-refractivity contribution in [3.63, 3.8) is 0 Å². The molecule has 0 bridgehead atoms. The Balaban J connectivity index is 2.84. The number of aliphatic hydroxyl groups is 1. The van der Waals surface area contributed by atoms with E-state index in [1.54, 1.807) is 0 Å². The van der Waals surface area contributed by atoms with Gasteiger partial charge < -0.3 is 10.4 Å². The number of hydrogen-bond acceptors (Lipinski definition) is 2. The first-order valence-electron chi connectivity index (χ1n) is 6.51. The van der Waals surface area contributed by atoms with E-state index >= 15 is 0 Å². The van der Waals surface area contributed by atoms with Gasteiger partial charge in [0.15, 0.2) is 0 Å². The van der Waals surface area contributed by atoms with Gasteiger partial charge in [-0.3, -0.25) is 4.79 Å². The predicted molar refractivity (Wildman–Crippen MR) is 73.9 cm³/mol. The average molecular weight is 249 g/mol. The van der Waals surface area contributed by atoms with Gasteiger partial charge in [-0.1, -0.05) is 26.8 Å². The number of rotatable bonds is 5. The van der Waals surface area contributed by atoms with Gasteiger partial charge >= 0.3 is 0 Å². The molecule has 1 aromatic carbocycles. The summed E-state index contributed by atoms with van der Waals surface area (Å²) in [6.45, 7) is 8.22. The summed E-state index contributed by atoms with van der Waals surface area (Å²) in [4.78, 5) is 12.0. The third-order valence-corrected chi connectivity index (χ3v) is 3.20. The highest BCUT2D eigenvalue weighted by molar-refractivity contribution is 5.94. The van der Waals surface area contributed by atoms with Crippen LogP contribution in [-0.2, 0) is 0 Å². The molecule has 0 fully saturated rings. The molecule has 3 nitrogen and oxygen atoms in total. The first-order chi connectivity index (χ1) is 8.49. The number of benzene rings is 1. The quantitative estimate of drug-likeness (QED) is 0.842. The molecule has 0 aliphatic rings. The van der Waals surface area contributed by atoms with Crippen molar-refractivity contribution in [2.75, 3.05) is 6.61 Å². The maximum Gasteiger partial charge on any atom is 0.251 e. The number of aliphatic hydroxyl groups excluding tert-OH is 1. The summed E-state index contributed by atoms with van der Waals surface area (Å²) in [6, 6.07) is 5.60. The van der Waals surface area contributed by atoms with Gasteiger partial charge in [-0.25, -0.2) is 0 Å². The Labute approximate surface area is 109 Å². The van der Waals surface area contributed by atoms with E-state index < -0.39 is 0 Å². The monoisotopic (exact) mass is 249 g/mol. The van der Waals surface area contributed by atoms with E-state index in [2.05, 4.69) is 19.2 Å². The second-order valence-corrected chi connectivity index (χ2v) is 4.99. The molecule has 0 aliphatic carbocycles. The highest BCUT2D eigenvalue weighted by atomic mass is 16.3. The van der Waals surface area contributed by atoms with E-state index in [4.69, 9.17) is 5.11 Å². The number of hydrogen-bond donors (Lipinski definition) is 2. The van der Waals surface area contributed by atoms with Gasteiger partial charge in [0, 0.05) is 5.56 Å². The number of carbonyl (C=O) groups is 1. The van der Waals surface area contributed by atoms with Gasteiger partial charge in [-0.15, -0.1) is 0 Å². The third-order valence-electron chi connectivity index (χ3n) is 3.20. The lowest BCUT2D eigenvalue weighted by Gasteiger charge is -2.15. The molecule has 100 valence electrons. The zero-order valence-electron chi connectivity index (χ0n) is 11.7. The van der Waals surface area contributed by atoms with Crippen LogP contribution in [0.3, 0.4) is 0 Å². The van der Waals surface area contributed by atoms with Crippen molar-refractivity contribution >= 4 is 5.91 Å². The van der Waals surface area contributed by atoms with Gasteiger partial charge in [-0.2, -0.15) is 0 Å². The van der Waals surface area contributed by atoms with Gasteiger partial charge in [0.25, 0.3) is 5.91 Å². The number of nitrogens with one attached hydrogen (secondary N) is 1. The Bertz CT molecular complexity index is 409. The molecular weight excluding hydrogens is 226 g/mol. The maximum atomic E-state index is 12.0. The highest BCUT2D eigenvalue weighted by Gasteiger charge is 2.12. The number of amides is 1. The Kier molecular flexibility index (Phi) is 5.35. The molecule has 0 radical (unpaired) electrons. The van der Waals surface area contributed by atoms with E-state index in [-0.39, 0.29) is 18.6 Å². The smallest absolute Gasteiger partial charge is 0.251 e. The summed E-state index contributed by atoms with van der Waals surface area (Å²) in [7, 11) is 0. The van der Waals surface area contributed by atoms with Crippen LogP contribution in [-0.4, -0.2) is 23.7 Å². The largest absolute Gasteiger partial charge is 0.394 e. The maximum absolute atomic E-state index is 12.0. The fraction of sp³-hybridized carbons (Fsp3) is 0.533. The molecule has 3 heteroatoms. The second-order valence-electron chi connectivity index (χ2n) is 4.99. The lowest BCUT2D eigenvalue weighted by atomic mass is 9.96. The Morgan fingerprint density at radius 3 is 2.50 bits per heavy atom. The van der Waals surface area contributed by atoms with E-state index in [1.165, 1.54) is 5.56 Å². The highest BCUT2D eigenvalue weighted by Crippen LogP contribution is 2.20.